The molecule has 0 aromatic rings. The van der Waals surface area contributed by atoms with Crippen LogP contribution in [0.15, 0.2) is 60.4 Å². The van der Waals surface area contributed by atoms with Crippen LogP contribution in [0.4, 0.5) is 0 Å². The fourth-order valence-electron chi connectivity index (χ4n) is 2.21. The Hall–Kier alpha value is -1.83. The number of carbonyl (C=O) groups is 1. The lowest BCUT2D eigenvalue weighted by atomic mass is 9.75. The maximum Gasteiger partial charge on any atom is 0.239 e. The van der Waals surface area contributed by atoms with Gasteiger partial charge in [0, 0.05) is 5.70 Å². The second-order valence-electron chi connectivity index (χ2n) is 4.05. The predicted octanol–water partition coefficient (Wildman–Crippen LogP) is 3.27. The highest BCUT2D eigenvalue weighted by molar-refractivity contribution is 5.97. The molecule has 1 fully saturated rings. The van der Waals surface area contributed by atoms with E-state index in [4.69, 9.17) is 0 Å². The molecule has 1 heterocycles. The maximum atomic E-state index is 12.2. The third-order valence-corrected chi connectivity index (χ3v) is 3.21. The summed E-state index contributed by atoms with van der Waals surface area (Å²) < 4.78 is 0. The molecule has 0 radical (unpaired) electrons. The van der Waals surface area contributed by atoms with Crippen molar-refractivity contribution in [3.63, 3.8) is 0 Å². The monoisotopic (exact) mass is 229 g/mol. The number of rotatable bonds is 3. The fourth-order valence-corrected chi connectivity index (χ4v) is 2.21. The molecule has 0 aliphatic carbocycles. The molecule has 1 saturated heterocycles. The van der Waals surface area contributed by atoms with Gasteiger partial charge in [0.25, 0.3) is 0 Å². The van der Waals surface area contributed by atoms with Gasteiger partial charge in [-0.1, -0.05) is 43.5 Å². The van der Waals surface area contributed by atoms with Gasteiger partial charge in [-0.25, -0.2) is 0 Å². The van der Waals surface area contributed by atoms with E-state index in [1.54, 1.807) is 12.2 Å². The Morgan fingerprint density at radius 2 is 2.00 bits per heavy atom. The lowest BCUT2D eigenvalue weighted by Crippen LogP contribution is -2.30. The Balaban J connectivity index is 3.48. The van der Waals surface area contributed by atoms with Crippen LogP contribution >= 0.6 is 0 Å². The average molecular weight is 229 g/mol. The van der Waals surface area contributed by atoms with Gasteiger partial charge in [0.1, 0.15) is 0 Å². The molecule has 2 nitrogen and oxygen atoms in total. The van der Waals surface area contributed by atoms with E-state index in [-0.39, 0.29) is 5.91 Å². The molecular formula is C15H19NO. The van der Waals surface area contributed by atoms with Gasteiger partial charge in [0.05, 0.1) is 5.41 Å². The van der Waals surface area contributed by atoms with Gasteiger partial charge >= 0.3 is 0 Å². The first-order chi connectivity index (χ1) is 8.05. The summed E-state index contributed by atoms with van der Waals surface area (Å²) in [6.07, 6.45) is 9.13. The summed E-state index contributed by atoms with van der Waals surface area (Å²) in [5.74, 6) is -0.0216. The highest BCUT2D eigenvalue weighted by Crippen LogP contribution is 2.43. The summed E-state index contributed by atoms with van der Waals surface area (Å²) in [5.41, 5.74) is 2.01. The third kappa shape index (κ3) is 1.91. The number of amides is 1. The van der Waals surface area contributed by atoms with Gasteiger partial charge in [-0.05, 0) is 31.9 Å². The number of hydrogen-bond acceptors (Lipinski definition) is 1. The normalized spacial score (nSPS) is 29.6. The molecule has 1 aliphatic heterocycles. The Morgan fingerprint density at radius 1 is 1.35 bits per heavy atom. The molecule has 1 atom stereocenters. The van der Waals surface area contributed by atoms with E-state index in [0.29, 0.717) is 0 Å². The zero-order valence-corrected chi connectivity index (χ0v) is 10.7. The quantitative estimate of drug-likeness (QED) is 0.739. The highest BCUT2D eigenvalue weighted by Gasteiger charge is 2.46. The van der Waals surface area contributed by atoms with Crippen molar-refractivity contribution in [2.45, 2.75) is 20.8 Å². The first-order valence-corrected chi connectivity index (χ1v) is 5.66. The number of carbonyl (C=O) groups excluding carboxylic acids is 1. The first-order valence-electron chi connectivity index (χ1n) is 5.66. The largest absolute Gasteiger partial charge is 0.325 e. The second-order valence-corrected chi connectivity index (χ2v) is 4.05. The smallest absolute Gasteiger partial charge is 0.239 e. The van der Waals surface area contributed by atoms with Crippen LogP contribution in [0.5, 0.6) is 0 Å². The van der Waals surface area contributed by atoms with Gasteiger partial charge in [0.15, 0.2) is 0 Å². The van der Waals surface area contributed by atoms with Crippen molar-refractivity contribution in [2.75, 3.05) is 0 Å². The molecule has 0 saturated carbocycles. The van der Waals surface area contributed by atoms with Crippen LogP contribution in [0.25, 0.3) is 0 Å². The van der Waals surface area contributed by atoms with Gasteiger partial charge in [-0.15, -0.1) is 0 Å². The van der Waals surface area contributed by atoms with Crippen molar-refractivity contribution in [1.82, 2.24) is 5.32 Å². The van der Waals surface area contributed by atoms with E-state index in [2.05, 4.69) is 18.5 Å². The summed E-state index contributed by atoms with van der Waals surface area (Å²) in [5, 5.41) is 2.90. The van der Waals surface area contributed by atoms with Gasteiger partial charge < -0.3 is 5.32 Å². The van der Waals surface area contributed by atoms with Crippen molar-refractivity contribution >= 4 is 5.91 Å². The molecule has 17 heavy (non-hydrogen) atoms. The zero-order chi connectivity index (χ0) is 13.1. The van der Waals surface area contributed by atoms with Crippen LogP contribution in [0.1, 0.15) is 20.8 Å². The molecule has 1 N–H and O–H groups in total. The van der Waals surface area contributed by atoms with Crippen molar-refractivity contribution in [1.29, 1.82) is 0 Å². The standard InChI is InChI=1S/C15H19NO/c1-6-10-12-13(9-4)16-14(17)15(12,5)11(7-2)8-3/h6-10H,1-2H2,3-5H3,(H,16,17)/b11-8+,12-10?,13-9+. The van der Waals surface area contributed by atoms with Gasteiger partial charge in [-0.3, -0.25) is 4.79 Å². The first kappa shape index (κ1) is 13.2. The molecule has 1 amide bonds. The molecule has 1 aliphatic rings. The molecule has 90 valence electrons. The SMILES string of the molecule is C=CC=C1/C(=C\C)NC(=O)C1(C)/C(C=C)=C/C. The minimum absolute atomic E-state index is 0.0216. The fraction of sp³-hybridized carbons (Fsp3) is 0.267. The molecule has 0 aromatic carbocycles. The predicted molar refractivity (Wildman–Crippen MR) is 72.2 cm³/mol. The summed E-state index contributed by atoms with van der Waals surface area (Å²) in [6, 6.07) is 0. The van der Waals surface area contributed by atoms with E-state index >= 15 is 0 Å². The van der Waals surface area contributed by atoms with Gasteiger partial charge in [0.2, 0.25) is 5.91 Å². The lowest BCUT2D eigenvalue weighted by Gasteiger charge is -2.24. The van der Waals surface area contributed by atoms with E-state index in [9.17, 15) is 4.79 Å². The maximum absolute atomic E-state index is 12.2. The van der Waals surface area contributed by atoms with E-state index in [0.717, 1.165) is 16.8 Å². The third-order valence-electron chi connectivity index (χ3n) is 3.21. The number of nitrogens with one attached hydrogen (secondary N) is 1. The summed E-state index contributed by atoms with van der Waals surface area (Å²) in [7, 11) is 0. The van der Waals surface area contributed by atoms with E-state index < -0.39 is 5.41 Å². The van der Waals surface area contributed by atoms with Crippen LogP contribution in [-0.4, -0.2) is 5.91 Å². The molecule has 0 bridgehead atoms. The Kier molecular flexibility index (Phi) is 3.89. The van der Waals surface area contributed by atoms with E-state index in [1.807, 2.05) is 39.0 Å². The summed E-state index contributed by atoms with van der Waals surface area (Å²) >= 11 is 0. The number of hydrogen-bond donors (Lipinski definition) is 1. The zero-order valence-electron chi connectivity index (χ0n) is 10.7. The number of allylic oxidation sites excluding steroid dienone is 6. The van der Waals surface area contributed by atoms with Crippen LogP contribution < -0.4 is 5.32 Å². The minimum atomic E-state index is -0.674. The lowest BCUT2D eigenvalue weighted by molar-refractivity contribution is -0.124. The molecule has 0 spiro atoms. The minimum Gasteiger partial charge on any atom is -0.325 e. The Bertz CT molecular complexity index is 452. The molecule has 1 rings (SSSR count). The van der Waals surface area contributed by atoms with Crippen molar-refractivity contribution in [3.8, 4) is 0 Å². The average Bonchev–Trinajstić information content (AvgIpc) is 2.56. The molecule has 1 unspecified atom stereocenters. The molecule has 2 heteroatoms. The van der Waals surface area contributed by atoms with Crippen molar-refractivity contribution in [2.24, 2.45) is 5.41 Å². The van der Waals surface area contributed by atoms with Gasteiger partial charge in [-0.2, -0.15) is 0 Å². The summed E-state index contributed by atoms with van der Waals surface area (Å²) in [4.78, 5) is 12.2. The molecular weight excluding hydrogens is 210 g/mol. The van der Waals surface area contributed by atoms with Crippen molar-refractivity contribution < 1.29 is 4.79 Å². The van der Waals surface area contributed by atoms with E-state index in [1.165, 1.54) is 0 Å². The Labute approximate surface area is 103 Å². The van der Waals surface area contributed by atoms with Crippen molar-refractivity contribution in [3.05, 3.63) is 60.4 Å². The summed E-state index contributed by atoms with van der Waals surface area (Å²) in [6.45, 7) is 13.2. The second kappa shape index (κ2) is 5.00. The van der Waals surface area contributed by atoms with Crippen LogP contribution in [-0.2, 0) is 4.79 Å². The highest BCUT2D eigenvalue weighted by atomic mass is 16.2. The Morgan fingerprint density at radius 3 is 2.41 bits per heavy atom. The topological polar surface area (TPSA) is 29.1 Å². The van der Waals surface area contributed by atoms with Crippen LogP contribution in [0.2, 0.25) is 0 Å². The van der Waals surface area contributed by atoms with Crippen LogP contribution in [0.3, 0.4) is 0 Å². The molecule has 0 aromatic heterocycles. The van der Waals surface area contributed by atoms with Crippen LogP contribution in [0, 0.1) is 5.41 Å².